The van der Waals surface area contributed by atoms with E-state index >= 15 is 0 Å². The van der Waals surface area contributed by atoms with Crippen LogP contribution >= 0.6 is 11.8 Å². The molecule has 0 radical (unpaired) electrons. The van der Waals surface area contributed by atoms with E-state index in [0.717, 1.165) is 22.7 Å². The van der Waals surface area contributed by atoms with Gasteiger partial charge in [-0.25, -0.2) is 0 Å². The van der Waals surface area contributed by atoms with Crippen molar-refractivity contribution in [2.45, 2.75) is 12.4 Å². The summed E-state index contributed by atoms with van der Waals surface area (Å²) in [6.07, 6.45) is 5.55. The SMILES string of the molecule is COc1ccc(C2=C(/C=C/C(=O)c3ccc(OC)c(OC)c3)N3C=C(C)SC3N2)cc1. The van der Waals surface area contributed by atoms with Crippen LogP contribution in [0.5, 0.6) is 17.2 Å². The molecule has 1 atom stereocenters. The van der Waals surface area contributed by atoms with Gasteiger partial charge in [0.2, 0.25) is 0 Å². The van der Waals surface area contributed by atoms with Crippen molar-refractivity contribution in [2.24, 2.45) is 0 Å². The Morgan fingerprint density at radius 1 is 1.03 bits per heavy atom. The van der Waals surface area contributed by atoms with Crippen molar-refractivity contribution in [2.75, 3.05) is 21.3 Å². The molecule has 0 bridgehead atoms. The van der Waals surface area contributed by atoms with Crippen molar-refractivity contribution < 1.29 is 19.0 Å². The second-order valence-corrected chi connectivity index (χ2v) is 8.34. The van der Waals surface area contributed by atoms with Crippen LogP contribution in [-0.4, -0.2) is 37.5 Å². The van der Waals surface area contributed by atoms with Crippen molar-refractivity contribution in [1.82, 2.24) is 10.2 Å². The topological polar surface area (TPSA) is 60.0 Å². The second-order valence-electron chi connectivity index (χ2n) is 7.02. The summed E-state index contributed by atoms with van der Waals surface area (Å²) in [5, 5.41) is 3.56. The lowest BCUT2D eigenvalue weighted by atomic mass is 10.1. The molecule has 2 aliphatic heterocycles. The van der Waals surface area contributed by atoms with Gasteiger partial charge in [-0.1, -0.05) is 11.8 Å². The fourth-order valence-corrected chi connectivity index (χ4v) is 4.54. The molecule has 0 spiro atoms. The molecule has 0 saturated carbocycles. The number of ether oxygens (including phenoxy) is 3. The highest BCUT2D eigenvalue weighted by Crippen LogP contribution is 2.41. The van der Waals surface area contributed by atoms with Crippen molar-refractivity contribution >= 4 is 23.2 Å². The molecule has 0 aliphatic carbocycles. The molecule has 2 heterocycles. The third-order valence-electron chi connectivity index (χ3n) is 5.11. The van der Waals surface area contributed by atoms with Gasteiger partial charge in [0.05, 0.1) is 32.7 Å². The van der Waals surface area contributed by atoms with Crippen LogP contribution in [0.4, 0.5) is 0 Å². The second kappa shape index (κ2) is 8.81. The van der Waals surface area contributed by atoms with Gasteiger partial charge in [0.25, 0.3) is 0 Å². The van der Waals surface area contributed by atoms with Crippen LogP contribution in [-0.2, 0) is 0 Å². The van der Waals surface area contributed by atoms with Gasteiger partial charge in [0.1, 0.15) is 5.75 Å². The van der Waals surface area contributed by atoms with Gasteiger partial charge < -0.3 is 24.4 Å². The van der Waals surface area contributed by atoms with Crippen LogP contribution in [0.3, 0.4) is 0 Å². The first-order valence-corrected chi connectivity index (χ1v) is 10.6. The van der Waals surface area contributed by atoms with Gasteiger partial charge in [-0.3, -0.25) is 4.79 Å². The molecule has 4 rings (SSSR count). The summed E-state index contributed by atoms with van der Waals surface area (Å²) in [5.41, 5.74) is 3.55. The van der Waals surface area contributed by atoms with Gasteiger partial charge in [0.15, 0.2) is 22.8 Å². The summed E-state index contributed by atoms with van der Waals surface area (Å²) in [7, 11) is 4.77. The molecule has 0 fully saturated rings. The predicted octanol–water partition coefficient (Wildman–Crippen LogP) is 4.62. The van der Waals surface area contributed by atoms with E-state index in [1.165, 1.54) is 4.91 Å². The minimum atomic E-state index is -0.112. The first kappa shape index (κ1) is 20.9. The lowest BCUT2D eigenvalue weighted by molar-refractivity contribution is 0.104. The zero-order chi connectivity index (χ0) is 22.0. The van der Waals surface area contributed by atoms with Crippen LogP contribution in [0.1, 0.15) is 22.8 Å². The number of nitrogens with one attached hydrogen (secondary N) is 1. The molecule has 6 nitrogen and oxygen atoms in total. The monoisotopic (exact) mass is 436 g/mol. The number of methoxy groups -OCH3 is 3. The number of allylic oxidation sites excluding steroid dienone is 3. The lowest BCUT2D eigenvalue weighted by Gasteiger charge is -2.16. The lowest BCUT2D eigenvalue weighted by Crippen LogP contribution is -2.26. The Bertz CT molecular complexity index is 1090. The smallest absolute Gasteiger partial charge is 0.186 e. The molecule has 0 saturated heterocycles. The Morgan fingerprint density at radius 2 is 1.77 bits per heavy atom. The Hall–Kier alpha value is -3.32. The molecule has 1 unspecified atom stereocenters. The zero-order valence-corrected chi connectivity index (χ0v) is 18.7. The van der Waals surface area contributed by atoms with Crippen molar-refractivity contribution in [3.8, 4) is 17.2 Å². The molecule has 2 aromatic carbocycles. The van der Waals surface area contributed by atoms with E-state index in [1.807, 2.05) is 30.3 Å². The fourth-order valence-electron chi connectivity index (χ4n) is 3.55. The van der Waals surface area contributed by atoms with E-state index < -0.39 is 0 Å². The van der Waals surface area contributed by atoms with E-state index in [4.69, 9.17) is 14.2 Å². The molecule has 31 heavy (non-hydrogen) atoms. The van der Waals surface area contributed by atoms with Crippen LogP contribution in [0, 0.1) is 0 Å². The number of thioether (sulfide) groups is 1. The highest BCUT2D eigenvalue weighted by atomic mass is 32.2. The van der Waals surface area contributed by atoms with E-state index in [-0.39, 0.29) is 11.3 Å². The Labute approximate surface area is 186 Å². The summed E-state index contributed by atoms with van der Waals surface area (Å²) in [4.78, 5) is 16.2. The molecule has 160 valence electrons. The van der Waals surface area contributed by atoms with E-state index in [1.54, 1.807) is 57.4 Å². The fraction of sp³-hybridized carbons (Fsp3) is 0.208. The van der Waals surface area contributed by atoms with Crippen LogP contribution in [0.25, 0.3) is 5.70 Å². The quantitative estimate of drug-likeness (QED) is 0.502. The normalized spacial score (nSPS) is 17.5. The number of hydrogen-bond acceptors (Lipinski definition) is 7. The average molecular weight is 437 g/mol. The highest BCUT2D eigenvalue weighted by Gasteiger charge is 2.34. The maximum atomic E-state index is 12.9. The number of hydrogen-bond donors (Lipinski definition) is 1. The number of benzene rings is 2. The maximum Gasteiger partial charge on any atom is 0.186 e. The summed E-state index contributed by atoms with van der Waals surface area (Å²) in [6.45, 7) is 2.08. The standard InChI is InChI=1S/C24H24N2O4S/c1-15-14-26-19(10-11-20(27)17-7-12-21(29-3)22(13-17)30-4)23(25-24(26)31-15)16-5-8-18(28-2)9-6-16/h5-14,24-25H,1-4H3/b11-10+. The largest absolute Gasteiger partial charge is 0.497 e. The highest BCUT2D eigenvalue weighted by molar-refractivity contribution is 8.03. The predicted molar refractivity (Wildman–Crippen MR) is 123 cm³/mol. The summed E-state index contributed by atoms with van der Waals surface area (Å²) in [6, 6.07) is 13.0. The van der Waals surface area contributed by atoms with E-state index in [2.05, 4.69) is 23.3 Å². The summed E-state index contributed by atoms with van der Waals surface area (Å²) >= 11 is 1.75. The minimum absolute atomic E-state index is 0.0768. The third-order valence-corrected chi connectivity index (χ3v) is 6.16. The molecular weight excluding hydrogens is 412 g/mol. The van der Waals surface area contributed by atoms with Gasteiger partial charge in [-0.15, -0.1) is 0 Å². The minimum Gasteiger partial charge on any atom is -0.497 e. The first-order chi connectivity index (χ1) is 15.0. The van der Waals surface area contributed by atoms with Crippen molar-refractivity contribution in [3.05, 3.63) is 82.5 Å². The molecule has 2 aliphatic rings. The molecule has 1 N–H and O–H groups in total. The van der Waals surface area contributed by atoms with Gasteiger partial charge in [-0.05, 0) is 61.5 Å². The molecule has 0 amide bonds. The maximum absolute atomic E-state index is 12.9. The van der Waals surface area contributed by atoms with Crippen molar-refractivity contribution in [3.63, 3.8) is 0 Å². The number of fused-ring (bicyclic) bond motifs is 1. The molecular formula is C24H24N2O4S. The van der Waals surface area contributed by atoms with Gasteiger partial charge in [-0.2, -0.15) is 0 Å². The Balaban J connectivity index is 1.66. The zero-order valence-electron chi connectivity index (χ0n) is 17.8. The summed E-state index contributed by atoms with van der Waals surface area (Å²) < 4.78 is 15.8. The first-order valence-electron chi connectivity index (χ1n) is 9.77. The van der Waals surface area contributed by atoms with Crippen molar-refractivity contribution in [1.29, 1.82) is 0 Å². The van der Waals surface area contributed by atoms with Crippen LogP contribution < -0.4 is 19.5 Å². The number of carbonyl (C=O) groups is 1. The molecule has 7 heteroatoms. The third kappa shape index (κ3) is 4.14. The van der Waals surface area contributed by atoms with E-state index in [9.17, 15) is 4.79 Å². The number of nitrogens with zero attached hydrogens (tertiary/aromatic N) is 1. The van der Waals surface area contributed by atoms with Gasteiger partial charge >= 0.3 is 0 Å². The van der Waals surface area contributed by atoms with E-state index in [0.29, 0.717) is 17.1 Å². The number of ketones is 1. The van der Waals surface area contributed by atoms with Crippen LogP contribution in [0.15, 0.2) is 71.4 Å². The average Bonchev–Trinajstić information content (AvgIpc) is 3.32. The Kier molecular flexibility index (Phi) is 5.95. The molecule has 0 aromatic heterocycles. The van der Waals surface area contributed by atoms with Gasteiger partial charge in [0, 0.05) is 22.2 Å². The number of carbonyl (C=O) groups excluding carboxylic acids is 1. The summed E-state index contributed by atoms with van der Waals surface area (Å²) in [5.74, 6) is 1.80. The molecule has 2 aromatic rings. The Morgan fingerprint density at radius 3 is 2.45 bits per heavy atom. The van der Waals surface area contributed by atoms with Crippen LogP contribution in [0.2, 0.25) is 0 Å². The number of rotatable bonds is 7.